The van der Waals surface area contributed by atoms with Gasteiger partial charge < -0.3 is 4.90 Å². The lowest BCUT2D eigenvalue weighted by molar-refractivity contribution is -0.114. The highest BCUT2D eigenvalue weighted by molar-refractivity contribution is 6.32. The zero-order chi connectivity index (χ0) is 18.0. The fourth-order valence-corrected chi connectivity index (χ4v) is 2.74. The largest absolute Gasteiger partial charge is 0.375 e. The molecule has 2 aromatic carbocycles. The van der Waals surface area contributed by atoms with E-state index in [9.17, 15) is 4.79 Å². The number of amides is 1. The van der Waals surface area contributed by atoms with E-state index in [0.717, 1.165) is 17.8 Å². The van der Waals surface area contributed by atoms with Crippen molar-refractivity contribution in [2.45, 2.75) is 13.8 Å². The van der Waals surface area contributed by atoms with Gasteiger partial charge in [0.1, 0.15) is 0 Å². The number of hydrogen-bond donors (Lipinski definition) is 0. The zero-order valence-electron chi connectivity index (χ0n) is 14.5. The van der Waals surface area contributed by atoms with Gasteiger partial charge in [-0.1, -0.05) is 23.7 Å². The molecule has 0 spiro atoms. The molecule has 0 atom stereocenters. The Balaban J connectivity index is 1.85. The highest BCUT2D eigenvalue weighted by atomic mass is 35.5. The van der Waals surface area contributed by atoms with Crippen molar-refractivity contribution < 1.29 is 4.79 Å². The number of carbonyl (C=O) groups is 1. The number of hydrazone groups is 1. The van der Waals surface area contributed by atoms with E-state index in [1.165, 1.54) is 5.01 Å². The molecule has 1 aliphatic heterocycles. The molecule has 0 fully saturated rings. The van der Waals surface area contributed by atoms with Crippen molar-refractivity contribution in [3.05, 3.63) is 64.7 Å². The topological polar surface area (TPSA) is 35.9 Å². The Morgan fingerprint density at radius 1 is 1.12 bits per heavy atom. The predicted octanol–water partition coefficient (Wildman–Crippen LogP) is 4.60. The molecule has 4 nitrogen and oxygen atoms in total. The smallest absolute Gasteiger partial charge is 0.280 e. The van der Waals surface area contributed by atoms with Crippen LogP contribution in [0.2, 0.25) is 5.02 Å². The first kappa shape index (κ1) is 17.2. The fraction of sp³-hybridized carbons (Fsp3) is 0.200. The lowest BCUT2D eigenvalue weighted by Crippen LogP contribution is -2.21. The van der Waals surface area contributed by atoms with Gasteiger partial charge in [-0.3, -0.25) is 4.79 Å². The molecule has 3 rings (SSSR count). The molecule has 128 valence electrons. The van der Waals surface area contributed by atoms with Gasteiger partial charge in [0.25, 0.3) is 5.91 Å². The Morgan fingerprint density at radius 2 is 1.76 bits per heavy atom. The van der Waals surface area contributed by atoms with Crippen molar-refractivity contribution in [1.82, 2.24) is 0 Å². The van der Waals surface area contributed by atoms with Crippen molar-refractivity contribution in [3.63, 3.8) is 0 Å². The van der Waals surface area contributed by atoms with Crippen molar-refractivity contribution >= 4 is 40.7 Å². The molecule has 5 heteroatoms. The van der Waals surface area contributed by atoms with Crippen LogP contribution in [0.5, 0.6) is 0 Å². The summed E-state index contributed by atoms with van der Waals surface area (Å²) in [6.45, 7) is 4.90. The Morgan fingerprint density at radius 3 is 2.36 bits per heavy atom. The van der Waals surface area contributed by atoms with E-state index in [1.54, 1.807) is 24.3 Å². The van der Waals surface area contributed by atoms with Gasteiger partial charge in [-0.2, -0.15) is 10.1 Å². The number of benzene rings is 2. The maximum atomic E-state index is 12.7. The predicted molar refractivity (Wildman–Crippen MR) is 105 cm³/mol. The third kappa shape index (κ3) is 3.59. The van der Waals surface area contributed by atoms with Crippen molar-refractivity contribution in [3.8, 4) is 0 Å². The molecule has 1 heterocycles. The second kappa shape index (κ2) is 7.11. The third-order valence-corrected chi connectivity index (χ3v) is 4.50. The summed E-state index contributed by atoms with van der Waals surface area (Å²) < 4.78 is 0. The van der Waals surface area contributed by atoms with Crippen LogP contribution in [0.3, 0.4) is 0 Å². The average Bonchev–Trinajstić information content (AvgIpc) is 2.90. The van der Waals surface area contributed by atoms with Crippen LogP contribution in [-0.2, 0) is 4.79 Å². The quantitative estimate of drug-likeness (QED) is 0.753. The Hall–Kier alpha value is -2.59. The van der Waals surface area contributed by atoms with E-state index in [2.05, 4.69) is 36.1 Å². The normalized spacial score (nSPS) is 15.7. The molecule has 0 unspecified atom stereocenters. The minimum absolute atomic E-state index is 0.130. The van der Waals surface area contributed by atoms with Gasteiger partial charge in [-0.25, -0.2) is 0 Å². The summed E-state index contributed by atoms with van der Waals surface area (Å²) in [7, 11) is 2.05. The summed E-state index contributed by atoms with van der Waals surface area (Å²) in [6.07, 6.45) is 1.88. The average molecular weight is 354 g/mol. The van der Waals surface area contributed by atoms with Gasteiger partial charge >= 0.3 is 0 Å². The van der Waals surface area contributed by atoms with Crippen LogP contribution in [0, 0.1) is 0 Å². The minimum atomic E-state index is -0.130. The highest BCUT2D eigenvalue weighted by Gasteiger charge is 2.28. The summed E-state index contributed by atoms with van der Waals surface area (Å²) in [5.74, 6) is -0.130. The number of rotatable bonds is 4. The molecular weight excluding hydrogens is 334 g/mol. The molecule has 0 aliphatic carbocycles. The Bertz CT molecular complexity index is 838. The molecule has 0 saturated carbocycles. The van der Waals surface area contributed by atoms with Crippen LogP contribution in [0.15, 0.2) is 59.2 Å². The van der Waals surface area contributed by atoms with Crippen LogP contribution in [-0.4, -0.2) is 25.2 Å². The van der Waals surface area contributed by atoms with E-state index in [-0.39, 0.29) is 5.91 Å². The summed E-state index contributed by atoms with van der Waals surface area (Å²) in [4.78, 5) is 14.9. The van der Waals surface area contributed by atoms with Crippen molar-refractivity contribution in [2.24, 2.45) is 5.10 Å². The first-order valence-corrected chi connectivity index (χ1v) is 8.56. The summed E-state index contributed by atoms with van der Waals surface area (Å²) in [5.41, 5.74) is 4.14. The van der Waals surface area contributed by atoms with Crippen LogP contribution in [0.1, 0.15) is 19.4 Å². The Kier molecular flexibility index (Phi) is 4.91. The minimum Gasteiger partial charge on any atom is -0.375 e. The van der Waals surface area contributed by atoms with E-state index in [1.807, 2.05) is 25.1 Å². The summed E-state index contributed by atoms with van der Waals surface area (Å²) >= 11 is 5.91. The Labute approximate surface area is 153 Å². The molecule has 0 saturated heterocycles. The number of carbonyl (C=O) groups excluding carboxylic acids is 1. The first-order chi connectivity index (χ1) is 12.0. The van der Waals surface area contributed by atoms with E-state index in [4.69, 9.17) is 11.6 Å². The van der Waals surface area contributed by atoms with Gasteiger partial charge in [0, 0.05) is 24.3 Å². The van der Waals surface area contributed by atoms with Crippen LogP contribution >= 0.6 is 11.6 Å². The van der Waals surface area contributed by atoms with E-state index < -0.39 is 0 Å². The summed E-state index contributed by atoms with van der Waals surface area (Å²) in [5, 5.41) is 6.43. The number of halogens is 1. The zero-order valence-corrected chi connectivity index (χ0v) is 15.3. The lowest BCUT2D eigenvalue weighted by Gasteiger charge is -2.16. The number of anilines is 2. The maximum Gasteiger partial charge on any atom is 0.280 e. The third-order valence-electron chi connectivity index (χ3n) is 4.25. The molecule has 0 radical (unpaired) electrons. The van der Waals surface area contributed by atoms with E-state index >= 15 is 0 Å². The maximum absolute atomic E-state index is 12.7. The highest BCUT2D eigenvalue weighted by Crippen LogP contribution is 2.26. The fourth-order valence-electron chi connectivity index (χ4n) is 2.62. The molecule has 25 heavy (non-hydrogen) atoms. The number of nitrogens with zero attached hydrogens (tertiary/aromatic N) is 3. The molecule has 2 aromatic rings. The number of hydrogen-bond acceptors (Lipinski definition) is 3. The standard InChI is InChI=1S/C20H20ClN3O/c1-4-23(3)17-9-5-15(6-10-17)13-19-14(2)22-24(20(19)25)18-11-7-16(21)8-12-18/h5-13H,4H2,1-3H3/b19-13+. The van der Waals surface area contributed by atoms with Gasteiger partial charge in [0.05, 0.1) is 17.0 Å². The summed E-state index contributed by atoms with van der Waals surface area (Å²) in [6, 6.07) is 15.2. The van der Waals surface area contributed by atoms with E-state index in [0.29, 0.717) is 22.0 Å². The van der Waals surface area contributed by atoms with Crippen LogP contribution in [0.25, 0.3) is 6.08 Å². The van der Waals surface area contributed by atoms with Gasteiger partial charge in [-0.15, -0.1) is 0 Å². The molecule has 1 amide bonds. The second-order valence-electron chi connectivity index (χ2n) is 5.94. The molecular formula is C20H20ClN3O. The van der Waals surface area contributed by atoms with Gasteiger partial charge in [0.2, 0.25) is 0 Å². The molecule has 0 aromatic heterocycles. The first-order valence-electron chi connectivity index (χ1n) is 8.18. The van der Waals surface area contributed by atoms with Gasteiger partial charge in [0.15, 0.2) is 0 Å². The van der Waals surface area contributed by atoms with Crippen molar-refractivity contribution in [1.29, 1.82) is 0 Å². The second-order valence-corrected chi connectivity index (χ2v) is 6.38. The molecule has 0 bridgehead atoms. The van der Waals surface area contributed by atoms with Crippen molar-refractivity contribution in [2.75, 3.05) is 23.5 Å². The molecule has 1 aliphatic rings. The molecule has 0 N–H and O–H groups in total. The lowest BCUT2D eigenvalue weighted by atomic mass is 10.1. The van der Waals surface area contributed by atoms with Gasteiger partial charge in [-0.05, 0) is 61.9 Å². The van der Waals surface area contributed by atoms with Crippen LogP contribution in [0.4, 0.5) is 11.4 Å². The SMILES string of the molecule is CCN(C)c1ccc(/C=C2/C(=O)N(c3ccc(Cl)cc3)N=C2C)cc1. The van der Waals surface area contributed by atoms with Crippen LogP contribution < -0.4 is 9.91 Å². The monoisotopic (exact) mass is 353 g/mol.